The molecule has 0 aliphatic carbocycles. The lowest BCUT2D eigenvalue weighted by Crippen LogP contribution is -2.11. The maximum atomic E-state index is 11.6. The summed E-state index contributed by atoms with van der Waals surface area (Å²) in [5.74, 6) is -0.379. The van der Waals surface area contributed by atoms with Crippen LogP contribution in [0.25, 0.3) is 28.4 Å². The van der Waals surface area contributed by atoms with Crippen molar-refractivity contribution >= 4 is 17.5 Å². The zero-order valence-electron chi connectivity index (χ0n) is 13.9. The number of nitrogens with two attached hydrogens (primary N) is 2. The van der Waals surface area contributed by atoms with E-state index in [-0.39, 0.29) is 5.95 Å². The average Bonchev–Trinajstić information content (AvgIpc) is 3.00. The van der Waals surface area contributed by atoms with Crippen molar-refractivity contribution in [2.45, 2.75) is 6.92 Å². The van der Waals surface area contributed by atoms with Gasteiger partial charge in [0, 0.05) is 18.1 Å². The summed E-state index contributed by atoms with van der Waals surface area (Å²) >= 11 is 0. The maximum Gasteiger partial charge on any atom is 0.250 e. The van der Waals surface area contributed by atoms with Crippen molar-refractivity contribution in [3.63, 3.8) is 0 Å². The quantitative estimate of drug-likeness (QED) is 0.583. The Hall–Kier alpha value is -3.81. The van der Waals surface area contributed by atoms with Crippen LogP contribution in [0.4, 0.5) is 5.95 Å². The van der Waals surface area contributed by atoms with E-state index in [2.05, 4.69) is 19.9 Å². The van der Waals surface area contributed by atoms with Crippen LogP contribution in [-0.4, -0.2) is 30.2 Å². The fraction of sp³-hybridized carbons (Fsp3) is 0.0556. The molecule has 0 saturated heterocycles. The van der Waals surface area contributed by atoms with Gasteiger partial charge in [0.05, 0.1) is 17.0 Å². The summed E-state index contributed by atoms with van der Waals surface area (Å²) in [7, 11) is 0. The zero-order chi connectivity index (χ0) is 18.3. The molecule has 26 heavy (non-hydrogen) atoms. The van der Waals surface area contributed by atoms with E-state index in [0.29, 0.717) is 34.0 Å². The summed E-state index contributed by atoms with van der Waals surface area (Å²) < 4.78 is 1.77. The number of nitrogens with zero attached hydrogens (tertiary/aromatic N) is 5. The van der Waals surface area contributed by atoms with Gasteiger partial charge in [-0.25, -0.2) is 15.0 Å². The molecule has 0 unspecified atom stereocenters. The zero-order valence-corrected chi connectivity index (χ0v) is 13.9. The third kappa shape index (κ3) is 2.63. The molecule has 0 aliphatic rings. The molecule has 4 N–H and O–H groups in total. The van der Waals surface area contributed by atoms with E-state index >= 15 is 0 Å². The molecule has 128 valence electrons. The Kier molecular flexibility index (Phi) is 3.58. The van der Waals surface area contributed by atoms with Gasteiger partial charge in [-0.1, -0.05) is 6.07 Å². The summed E-state index contributed by atoms with van der Waals surface area (Å²) in [4.78, 5) is 29.1. The molecule has 0 saturated carbocycles. The molecule has 8 heteroatoms. The largest absolute Gasteiger partial charge is 0.368 e. The van der Waals surface area contributed by atoms with Crippen molar-refractivity contribution < 1.29 is 4.79 Å². The molecule has 4 aromatic rings. The summed E-state index contributed by atoms with van der Waals surface area (Å²) in [5, 5.41) is 0. The first-order chi connectivity index (χ1) is 12.5. The van der Waals surface area contributed by atoms with E-state index in [0.717, 1.165) is 5.69 Å². The highest BCUT2D eigenvalue weighted by atomic mass is 16.1. The Morgan fingerprint density at radius 3 is 2.62 bits per heavy atom. The number of carbonyl (C=O) groups is 1. The Labute approximate surface area is 148 Å². The summed E-state index contributed by atoms with van der Waals surface area (Å²) in [6.07, 6.45) is 3.21. The van der Waals surface area contributed by atoms with Crippen LogP contribution in [0.1, 0.15) is 16.1 Å². The van der Waals surface area contributed by atoms with E-state index in [1.165, 1.54) is 0 Å². The van der Waals surface area contributed by atoms with Crippen molar-refractivity contribution in [3.05, 3.63) is 60.0 Å². The fourth-order valence-corrected chi connectivity index (χ4v) is 2.79. The number of rotatable bonds is 3. The van der Waals surface area contributed by atoms with Crippen LogP contribution in [0, 0.1) is 6.92 Å². The summed E-state index contributed by atoms with van der Waals surface area (Å²) in [5.41, 5.74) is 15.6. The van der Waals surface area contributed by atoms with Crippen LogP contribution in [0.15, 0.2) is 48.8 Å². The van der Waals surface area contributed by atoms with Crippen molar-refractivity contribution in [1.82, 2.24) is 24.3 Å². The number of hydrogen-bond donors (Lipinski definition) is 2. The second-order valence-electron chi connectivity index (χ2n) is 5.78. The van der Waals surface area contributed by atoms with Crippen molar-refractivity contribution in [1.29, 1.82) is 0 Å². The third-order valence-electron chi connectivity index (χ3n) is 3.95. The molecule has 8 nitrogen and oxygen atoms in total. The third-order valence-corrected chi connectivity index (χ3v) is 3.95. The van der Waals surface area contributed by atoms with Crippen LogP contribution < -0.4 is 11.5 Å². The normalized spacial score (nSPS) is 11.0. The lowest BCUT2D eigenvalue weighted by atomic mass is 10.1. The number of imidazole rings is 1. The highest BCUT2D eigenvalue weighted by Crippen LogP contribution is 2.31. The molecule has 4 aromatic heterocycles. The summed E-state index contributed by atoms with van der Waals surface area (Å²) in [6, 6.07) is 10.8. The van der Waals surface area contributed by atoms with E-state index in [4.69, 9.17) is 11.5 Å². The highest BCUT2D eigenvalue weighted by molar-refractivity contribution is 5.93. The van der Waals surface area contributed by atoms with Crippen molar-refractivity contribution in [3.8, 4) is 22.8 Å². The number of hydrogen-bond acceptors (Lipinski definition) is 6. The molecule has 0 aliphatic heterocycles. The number of nitrogen functional groups attached to an aromatic ring is 1. The minimum Gasteiger partial charge on any atom is -0.368 e. The van der Waals surface area contributed by atoms with Crippen LogP contribution in [0.2, 0.25) is 0 Å². The number of amides is 1. The SMILES string of the molecule is Cc1cccc(-c2nc3ccc(C(N)=O)cn3c2-c2ccnc(N)n2)n1. The molecular weight excluding hydrogens is 330 g/mol. The first-order valence-electron chi connectivity index (χ1n) is 7.88. The second-order valence-corrected chi connectivity index (χ2v) is 5.78. The van der Waals surface area contributed by atoms with Gasteiger partial charge in [0.2, 0.25) is 11.9 Å². The van der Waals surface area contributed by atoms with Gasteiger partial charge in [-0.15, -0.1) is 0 Å². The van der Waals surface area contributed by atoms with E-state index in [9.17, 15) is 4.79 Å². The molecule has 0 spiro atoms. The Balaban J connectivity index is 2.08. The van der Waals surface area contributed by atoms with Gasteiger partial charge in [-0.3, -0.25) is 14.2 Å². The predicted octanol–water partition coefficient (Wildman–Crippen LogP) is 1.84. The van der Waals surface area contributed by atoms with Gasteiger partial charge in [0.1, 0.15) is 17.0 Å². The Morgan fingerprint density at radius 2 is 1.88 bits per heavy atom. The number of primary amides is 1. The average molecular weight is 345 g/mol. The smallest absolute Gasteiger partial charge is 0.250 e. The van der Waals surface area contributed by atoms with Crippen molar-refractivity contribution in [2.24, 2.45) is 5.73 Å². The van der Waals surface area contributed by atoms with Crippen LogP contribution in [-0.2, 0) is 0 Å². The van der Waals surface area contributed by atoms with Crippen molar-refractivity contribution in [2.75, 3.05) is 5.73 Å². The molecule has 0 aromatic carbocycles. The predicted molar refractivity (Wildman–Crippen MR) is 97.1 cm³/mol. The molecule has 4 heterocycles. The van der Waals surface area contributed by atoms with Gasteiger partial charge in [0.15, 0.2) is 0 Å². The number of anilines is 1. The van der Waals surface area contributed by atoms with E-state index < -0.39 is 5.91 Å². The van der Waals surface area contributed by atoms with Gasteiger partial charge < -0.3 is 11.5 Å². The first-order valence-corrected chi connectivity index (χ1v) is 7.88. The monoisotopic (exact) mass is 345 g/mol. The lowest BCUT2D eigenvalue weighted by Gasteiger charge is -2.06. The van der Waals surface area contributed by atoms with Crippen LogP contribution >= 0.6 is 0 Å². The van der Waals surface area contributed by atoms with Gasteiger partial charge in [0.25, 0.3) is 0 Å². The number of pyridine rings is 2. The molecule has 0 fully saturated rings. The molecule has 0 radical (unpaired) electrons. The fourth-order valence-electron chi connectivity index (χ4n) is 2.79. The number of aromatic nitrogens is 5. The molecule has 1 amide bonds. The molecule has 0 bridgehead atoms. The van der Waals surface area contributed by atoms with Crippen LogP contribution in [0.3, 0.4) is 0 Å². The molecule has 0 atom stereocenters. The second kappa shape index (κ2) is 5.92. The number of aryl methyl sites for hydroxylation is 1. The highest BCUT2D eigenvalue weighted by Gasteiger charge is 2.19. The number of fused-ring (bicyclic) bond motifs is 1. The molecule has 4 rings (SSSR count). The lowest BCUT2D eigenvalue weighted by molar-refractivity contribution is 0.1000. The Bertz CT molecular complexity index is 1150. The minimum absolute atomic E-state index is 0.145. The van der Waals surface area contributed by atoms with E-state index in [1.807, 2.05) is 25.1 Å². The number of carbonyl (C=O) groups excluding carboxylic acids is 1. The molecular formula is C18H15N7O. The first kappa shape index (κ1) is 15.7. The Morgan fingerprint density at radius 1 is 1.04 bits per heavy atom. The topological polar surface area (TPSA) is 125 Å². The maximum absolute atomic E-state index is 11.6. The van der Waals surface area contributed by atoms with Crippen LogP contribution in [0.5, 0.6) is 0 Å². The van der Waals surface area contributed by atoms with E-state index in [1.54, 1.807) is 35.0 Å². The van der Waals surface area contributed by atoms with Gasteiger partial charge in [-0.2, -0.15) is 0 Å². The standard InChI is InChI=1S/C18H15N7O/c1-10-3-2-4-12(22-10)15-16(13-7-8-21-18(20)23-13)25-9-11(17(19)26)5-6-14(25)24-15/h2-9H,1H3,(H2,19,26)(H2,20,21,23). The minimum atomic E-state index is -0.524. The van der Waals surface area contributed by atoms with Gasteiger partial charge >= 0.3 is 0 Å². The summed E-state index contributed by atoms with van der Waals surface area (Å²) in [6.45, 7) is 1.91. The van der Waals surface area contributed by atoms with Gasteiger partial charge in [-0.05, 0) is 37.3 Å².